The summed E-state index contributed by atoms with van der Waals surface area (Å²) in [5.41, 5.74) is 0.112. The molecule has 5 heteroatoms. The van der Waals surface area contributed by atoms with E-state index < -0.39 is 11.9 Å². The van der Waals surface area contributed by atoms with Gasteiger partial charge in [-0.3, -0.25) is 0 Å². The van der Waals surface area contributed by atoms with E-state index in [1.807, 2.05) is 0 Å². The molecule has 0 aromatic heterocycles. The Morgan fingerprint density at radius 2 is 2.00 bits per heavy atom. The van der Waals surface area contributed by atoms with E-state index in [1.165, 1.54) is 19.1 Å². The van der Waals surface area contributed by atoms with E-state index in [4.69, 9.17) is 16.3 Å². The topological polar surface area (TPSA) is 29.5 Å². The second-order valence-electron chi connectivity index (χ2n) is 4.00. The highest BCUT2D eigenvalue weighted by molar-refractivity contribution is 9.10. The van der Waals surface area contributed by atoms with Crippen molar-refractivity contribution in [3.05, 3.63) is 57.3 Å². The molecule has 1 N–H and O–H groups in total. The molecule has 100 valence electrons. The predicted octanol–water partition coefficient (Wildman–Crippen LogP) is 5.09. The first kappa shape index (κ1) is 14.3. The van der Waals surface area contributed by atoms with Crippen LogP contribution >= 0.6 is 27.5 Å². The Bertz CT molecular complexity index is 602. The van der Waals surface area contributed by atoms with Gasteiger partial charge in [-0.2, -0.15) is 0 Å². The molecule has 0 aliphatic rings. The van der Waals surface area contributed by atoms with E-state index in [0.29, 0.717) is 10.8 Å². The Balaban J connectivity index is 2.41. The molecule has 2 rings (SSSR count). The number of hydrogen-bond acceptors (Lipinski definition) is 2. The third-order valence-electron chi connectivity index (χ3n) is 2.54. The predicted molar refractivity (Wildman–Crippen MR) is 76.3 cm³/mol. The monoisotopic (exact) mass is 344 g/mol. The largest absolute Gasteiger partial charge is 0.455 e. The summed E-state index contributed by atoms with van der Waals surface area (Å²) in [5.74, 6) is 0.136. The van der Waals surface area contributed by atoms with Crippen molar-refractivity contribution in [2.75, 3.05) is 0 Å². The number of rotatable bonds is 3. The zero-order valence-corrected chi connectivity index (χ0v) is 12.4. The summed E-state index contributed by atoms with van der Waals surface area (Å²) in [7, 11) is 0. The first-order chi connectivity index (χ1) is 8.99. The third-order valence-corrected chi connectivity index (χ3v) is 3.33. The number of aliphatic hydroxyl groups is 1. The van der Waals surface area contributed by atoms with Crippen LogP contribution in [0.5, 0.6) is 11.5 Å². The number of benzene rings is 2. The normalized spacial score (nSPS) is 12.3. The first-order valence-corrected chi connectivity index (χ1v) is 6.75. The average molecular weight is 346 g/mol. The standard InChI is InChI=1S/C14H11BrClFO2/c1-8(18)14-11(17)3-2-4-13(14)19-12-6-5-9(15)7-10(12)16/h2-8,18H,1H3/t8-/m1/s1. The smallest absolute Gasteiger partial charge is 0.146 e. The minimum Gasteiger partial charge on any atom is -0.455 e. The summed E-state index contributed by atoms with van der Waals surface area (Å²) < 4.78 is 20.1. The Kier molecular flexibility index (Phi) is 4.45. The minimum atomic E-state index is -0.967. The summed E-state index contributed by atoms with van der Waals surface area (Å²) >= 11 is 9.33. The summed E-state index contributed by atoms with van der Waals surface area (Å²) in [4.78, 5) is 0. The maximum absolute atomic E-state index is 13.7. The fourth-order valence-electron chi connectivity index (χ4n) is 1.69. The van der Waals surface area contributed by atoms with Crippen LogP contribution < -0.4 is 4.74 Å². The van der Waals surface area contributed by atoms with Gasteiger partial charge in [0.2, 0.25) is 0 Å². The maximum atomic E-state index is 13.7. The van der Waals surface area contributed by atoms with Crippen molar-refractivity contribution in [2.24, 2.45) is 0 Å². The van der Waals surface area contributed by atoms with E-state index in [9.17, 15) is 9.50 Å². The van der Waals surface area contributed by atoms with E-state index in [0.717, 1.165) is 4.47 Å². The van der Waals surface area contributed by atoms with Gasteiger partial charge in [0.05, 0.1) is 16.7 Å². The van der Waals surface area contributed by atoms with Crippen molar-refractivity contribution >= 4 is 27.5 Å². The Morgan fingerprint density at radius 3 is 2.63 bits per heavy atom. The molecule has 19 heavy (non-hydrogen) atoms. The molecule has 1 atom stereocenters. The lowest BCUT2D eigenvalue weighted by Gasteiger charge is -2.14. The van der Waals surface area contributed by atoms with Gasteiger partial charge in [0.15, 0.2) is 0 Å². The molecule has 0 aliphatic carbocycles. The summed E-state index contributed by atoms with van der Waals surface area (Å²) in [5, 5.41) is 10.0. The zero-order chi connectivity index (χ0) is 14.0. The Morgan fingerprint density at radius 1 is 1.26 bits per heavy atom. The minimum absolute atomic E-state index is 0.112. The molecule has 2 aromatic carbocycles. The van der Waals surface area contributed by atoms with Crippen molar-refractivity contribution < 1.29 is 14.2 Å². The van der Waals surface area contributed by atoms with Crippen LogP contribution in [-0.2, 0) is 0 Å². The molecular formula is C14H11BrClFO2. The lowest BCUT2D eigenvalue weighted by molar-refractivity contribution is 0.190. The van der Waals surface area contributed by atoms with Crippen LogP contribution in [0.4, 0.5) is 4.39 Å². The molecule has 0 saturated heterocycles. The van der Waals surface area contributed by atoms with E-state index in [1.54, 1.807) is 24.3 Å². The molecule has 0 saturated carbocycles. The molecule has 0 heterocycles. The van der Waals surface area contributed by atoms with Gasteiger partial charge in [-0.1, -0.05) is 33.6 Å². The fraction of sp³-hybridized carbons (Fsp3) is 0.143. The van der Waals surface area contributed by atoms with Gasteiger partial charge in [-0.05, 0) is 37.3 Å². The molecule has 0 aliphatic heterocycles. The average Bonchev–Trinajstić information content (AvgIpc) is 2.32. The number of aliphatic hydroxyl groups excluding tert-OH is 1. The van der Waals surface area contributed by atoms with Crippen LogP contribution in [0.3, 0.4) is 0 Å². The van der Waals surface area contributed by atoms with Crippen LogP contribution in [-0.4, -0.2) is 5.11 Å². The van der Waals surface area contributed by atoms with Crippen molar-refractivity contribution in [2.45, 2.75) is 13.0 Å². The van der Waals surface area contributed by atoms with Gasteiger partial charge >= 0.3 is 0 Å². The molecule has 0 bridgehead atoms. The fourth-order valence-corrected chi connectivity index (χ4v) is 2.40. The number of ether oxygens (including phenoxy) is 1. The van der Waals surface area contributed by atoms with Gasteiger partial charge in [-0.25, -0.2) is 4.39 Å². The molecule has 0 amide bonds. The third kappa shape index (κ3) is 3.26. The van der Waals surface area contributed by atoms with Crippen LogP contribution in [0.1, 0.15) is 18.6 Å². The molecule has 0 spiro atoms. The number of hydrogen-bond donors (Lipinski definition) is 1. The molecule has 0 fully saturated rings. The van der Waals surface area contributed by atoms with Crippen LogP contribution in [0, 0.1) is 5.82 Å². The van der Waals surface area contributed by atoms with Gasteiger partial charge in [-0.15, -0.1) is 0 Å². The van der Waals surface area contributed by atoms with E-state index in [-0.39, 0.29) is 11.3 Å². The zero-order valence-electron chi connectivity index (χ0n) is 10.0. The second-order valence-corrected chi connectivity index (χ2v) is 5.33. The molecule has 2 nitrogen and oxygen atoms in total. The van der Waals surface area contributed by atoms with Gasteiger partial charge < -0.3 is 9.84 Å². The quantitative estimate of drug-likeness (QED) is 0.840. The molecule has 0 unspecified atom stereocenters. The summed E-state index contributed by atoms with van der Waals surface area (Å²) in [6, 6.07) is 9.49. The van der Waals surface area contributed by atoms with Crippen molar-refractivity contribution in [3.8, 4) is 11.5 Å². The van der Waals surface area contributed by atoms with Crippen LogP contribution in [0.25, 0.3) is 0 Å². The Labute approximate surface area is 123 Å². The lowest BCUT2D eigenvalue weighted by Crippen LogP contribution is -2.00. The van der Waals surface area contributed by atoms with Crippen molar-refractivity contribution in [3.63, 3.8) is 0 Å². The van der Waals surface area contributed by atoms with Crippen LogP contribution in [0.2, 0.25) is 5.02 Å². The van der Waals surface area contributed by atoms with Crippen LogP contribution in [0.15, 0.2) is 40.9 Å². The highest BCUT2D eigenvalue weighted by Crippen LogP contribution is 2.35. The SMILES string of the molecule is C[C@@H](O)c1c(F)cccc1Oc1ccc(Br)cc1Cl. The van der Waals surface area contributed by atoms with E-state index in [2.05, 4.69) is 15.9 Å². The summed E-state index contributed by atoms with van der Waals surface area (Å²) in [6.07, 6.45) is -0.967. The Hall–Kier alpha value is -1.10. The number of halogens is 3. The van der Waals surface area contributed by atoms with E-state index >= 15 is 0 Å². The van der Waals surface area contributed by atoms with Gasteiger partial charge in [0, 0.05) is 4.47 Å². The molecule has 0 radical (unpaired) electrons. The molecular weight excluding hydrogens is 335 g/mol. The highest BCUT2D eigenvalue weighted by Gasteiger charge is 2.16. The maximum Gasteiger partial charge on any atom is 0.146 e. The van der Waals surface area contributed by atoms with Gasteiger partial charge in [0.1, 0.15) is 17.3 Å². The highest BCUT2D eigenvalue weighted by atomic mass is 79.9. The molecule has 2 aromatic rings. The first-order valence-electron chi connectivity index (χ1n) is 5.58. The van der Waals surface area contributed by atoms with Gasteiger partial charge in [0.25, 0.3) is 0 Å². The summed E-state index contributed by atoms with van der Waals surface area (Å²) in [6.45, 7) is 1.48. The van der Waals surface area contributed by atoms with Crippen molar-refractivity contribution in [1.82, 2.24) is 0 Å². The van der Waals surface area contributed by atoms with Crippen molar-refractivity contribution in [1.29, 1.82) is 0 Å². The lowest BCUT2D eigenvalue weighted by atomic mass is 10.1. The second kappa shape index (κ2) is 5.90.